The number of rotatable bonds is 3. The highest BCUT2D eigenvalue weighted by molar-refractivity contribution is 6.00. The number of aliphatic hydroxyl groups is 1. The lowest BCUT2D eigenvalue weighted by atomic mass is 9.69. The zero-order valence-corrected chi connectivity index (χ0v) is 23.6. The number of methoxy groups -OCH3 is 1. The Kier molecular flexibility index (Phi) is 7.97. The van der Waals surface area contributed by atoms with Gasteiger partial charge < -0.3 is 25.2 Å². The van der Waals surface area contributed by atoms with Crippen molar-refractivity contribution in [3.8, 4) is 0 Å². The van der Waals surface area contributed by atoms with Gasteiger partial charge in [-0.15, -0.1) is 12.4 Å². The molecule has 2 saturated heterocycles. The third kappa shape index (κ3) is 5.05. The number of β-lactam (4-membered cyclic amide) rings is 1. The van der Waals surface area contributed by atoms with E-state index in [1.165, 1.54) is 36.4 Å². The van der Waals surface area contributed by atoms with E-state index in [4.69, 9.17) is 9.73 Å². The molecule has 5 rings (SSSR count). The van der Waals surface area contributed by atoms with Gasteiger partial charge in [0, 0.05) is 24.0 Å². The molecule has 1 saturated carbocycles. The Bertz CT molecular complexity index is 959. The van der Waals surface area contributed by atoms with Crippen LogP contribution in [0.15, 0.2) is 16.3 Å². The molecule has 4 aliphatic heterocycles. The van der Waals surface area contributed by atoms with Crippen molar-refractivity contribution in [2.75, 3.05) is 7.11 Å². The molecule has 5 aliphatic rings. The largest absolute Gasteiger partial charge is 0.477 e. The number of aliphatic hydroxyl groups excluding tert-OH is 1. The number of carbonyl (C=O) groups excluding carboxylic acids is 1. The average molecular weight is 526 g/mol. The van der Waals surface area contributed by atoms with Crippen molar-refractivity contribution >= 4 is 30.1 Å². The van der Waals surface area contributed by atoms with Crippen molar-refractivity contribution in [3.63, 3.8) is 0 Å². The first-order chi connectivity index (χ1) is 16.2. The topological polar surface area (TPSA) is 111 Å². The number of piperidine rings is 1. The molecule has 1 unspecified atom stereocenters. The van der Waals surface area contributed by atoms with E-state index in [0.717, 1.165) is 18.4 Å². The molecule has 204 valence electrons. The SMILES string of the molecule is CC1(C)CCC2(C)CCC(C)(C)NC2=N1.CO[C@H]1CC[C@H]2C(=C(C(=O)O)N3C(=O)[C@H]([C@@H](C)O)[C@@H]23)C1.Cl. The van der Waals surface area contributed by atoms with E-state index in [-0.39, 0.29) is 53.2 Å². The minimum Gasteiger partial charge on any atom is -0.477 e. The smallest absolute Gasteiger partial charge is 0.352 e. The molecule has 1 amide bonds. The Hall–Kier alpha value is -1.64. The molecule has 0 aromatic rings. The van der Waals surface area contributed by atoms with E-state index in [9.17, 15) is 19.8 Å². The van der Waals surface area contributed by atoms with E-state index in [1.54, 1.807) is 14.0 Å². The highest BCUT2D eigenvalue weighted by Crippen LogP contribution is 2.52. The minimum atomic E-state index is -1.05. The third-order valence-corrected chi connectivity index (χ3v) is 8.93. The molecular formula is C27H44ClN3O5. The summed E-state index contributed by atoms with van der Waals surface area (Å²) in [5.41, 5.74) is 1.63. The van der Waals surface area contributed by atoms with E-state index in [2.05, 4.69) is 39.9 Å². The van der Waals surface area contributed by atoms with Crippen molar-refractivity contribution in [2.45, 2.75) is 116 Å². The van der Waals surface area contributed by atoms with E-state index < -0.39 is 18.0 Å². The van der Waals surface area contributed by atoms with Crippen LogP contribution in [-0.2, 0) is 14.3 Å². The molecule has 0 aromatic heterocycles. The molecule has 6 atom stereocenters. The molecular weight excluding hydrogens is 482 g/mol. The van der Waals surface area contributed by atoms with Gasteiger partial charge in [0.1, 0.15) is 11.5 Å². The normalized spacial score (nSPS) is 36.4. The second-order valence-electron chi connectivity index (χ2n) is 12.7. The molecule has 1 aliphatic carbocycles. The van der Waals surface area contributed by atoms with Crippen LogP contribution in [0.1, 0.15) is 86.5 Å². The number of hydrogen-bond donors (Lipinski definition) is 3. The van der Waals surface area contributed by atoms with Crippen molar-refractivity contribution in [3.05, 3.63) is 11.3 Å². The first kappa shape index (κ1) is 28.9. The summed E-state index contributed by atoms with van der Waals surface area (Å²) in [7, 11) is 1.62. The van der Waals surface area contributed by atoms with E-state index >= 15 is 0 Å². The number of hydrogen-bond acceptors (Lipinski definition) is 6. The Labute approximate surface area is 221 Å². The first-order valence-electron chi connectivity index (χ1n) is 13.1. The molecule has 0 aromatic carbocycles. The Morgan fingerprint density at radius 1 is 1.14 bits per heavy atom. The Morgan fingerprint density at radius 3 is 2.36 bits per heavy atom. The standard InChI is InChI=1S/C14H19NO5.C13H24N2.ClH/c1-6(16)10-11-8-4-3-7(20-2)5-9(8)12(14(18)19)15(11)13(10)17;1-11(2)6-8-13(5)9-7-12(3,4)15-10(13)14-11;/h6-8,10-11,16H,3-5H2,1-2H3,(H,18,19);6-9H2,1-5H3,(H,14,15);1H/t6-,7+,8+,10-,11-;;/m1../s1. The second kappa shape index (κ2) is 9.91. The van der Waals surface area contributed by atoms with Crippen molar-refractivity contribution in [1.82, 2.24) is 10.2 Å². The molecule has 0 radical (unpaired) electrons. The number of fused-ring (bicyclic) bond motifs is 4. The van der Waals surface area contributed by atoms with Crippen LogP contribution >= 0.6 is 12.4 Å². The fourth-order valence-electron chi connectivity index (χ4n) is 6.58. The number of aliphatic imine (C=N–C) groups is 1. The lowest BCUT2D eigenvalue weighted by molar-refractivity contribution is -0.163. The number of nitrogens with zero attached hydrogens (tertiary/aromatic N) is 2. The summed E-state index contributed by atoms with van der Waals surface area (Å²) in [6.45, 7) is 13.0. The third-order valence-electron chi connectivity index (χ3n) is 8.93. The molecule has 9 heteroatoms. The van der Waals surface area contributed by atoms with Crippen molar-refractivity contribution < 1.29 is 24.5 Å². The number of carboxylic acid groups (broad SMARTS) is 1. The van der Waals surface area contributed by atoms with Crippen molar-refractivity contribution in [2.24, 2.45) is 22.2 Å². The predicted molar refractivity (Wildman–Crippen MR) is 141 cm³/mol. The first-order valence-corrected chi connectivity index (χ1v) is 13.1. The maximum atomic E-state index is 12.1. The summed E-state index contributed by atoms with van der Waals surface area (Å²) in [5, 5.41) is 22.8. The van der Waals surface area contributed by atoms with Crippen LogP contribution in [0.5, 0.6) is 0 Å². The number of aliphatic carboxylic acids is 1. The van der Waals surface area contributed by atoms with Crippen molar-refractivity contribution in [1.29, 1.82) is 0 Å². The van der Waals surface area contributed by atoms with Gasteiger partial charge in [0.2, 0.25) is 5.91 Å². The maximum Gasteiger partial charge on any atom is 0.352 e. The van der Waals surface area contributed by atoms with Gasteiger partial charge in [0.05, 0.1) is 29.7 Å². The number of ether oxygens (including phenoxy) is 1. The maximum absolute atomic E-state index is 12.1. The zero-order chi connectivity index (χ0) is 25.9. The van der Waals surface area contributed by atoms with Gasteiger partial charge in [-0.1, -0.05) is 6.92 Å². The fraction of sp³-hybridized carbons (Fsp3) is 0.815. The molecule has 3 N–H and O–H groups in total. The number of nitrogens with one attached hydrogen (secondary N) is 1. The number of halogens is 1. The monoisotopic (exact) mass is 525 g/mol. The highest BCUT2D eigenvalue weighted by atomic mass is 35.5. The van der Waals surface area contributed by atoms with Crippen LogP contribution < -0.4 is 5.32 Å². The zero-order valence-electron chi connectivity index (χ0n) is 22.8. The number of carboxylic acids is 1. The van der Waals surface area contributed by atoms with Gasteiger partial charge in [-0.2, -0.15) is 0 Å². The molecule has 0 spiro atoms. The van der Waals surface area contributed by atoms with Crippen LogP contribution in [0, 0.1) is 17.3 Å². The average Bonchev–Trinajstić information content (AvgIpc) is 3.04. The summed E-state index contributed by atoms with van der Waals surface area (Å²) in [4.78, 5) is 29.9. The van der Waals surface area contributed by atoms with Gasteiger partial charge in [0.25, 0.3) is 0 Å². The van der Waals surface area contributed by atoms with Gasteiger partial charge in [-0.05, 0) is 85.1 Å². The van der Waals surface area contributed by atoms with Crippen LogP contribution in [-0.4, -0.2) is 69.3 Å². The van der Waals surface area contributed by atoms with Gasteiger partial charge >= 0.3 is 5.97 Å². The lowest BCUT2D eigenvalue weighted by Gasteiger charge is -2.48. The molecule has 8 nitrogen and oxygen atoms in total. The summed E-state index contributed by atoms with van der Waals surface area (Å²) in [5.74, 6) is -0.467. The number of carbonyl (C=O) groups is 2. The van der Waals surface area contributed by atoms with Crippen LogP contribution in [0.25, 0.3) is 0 Å². The molecule has 0 bridgehead atoms. The number of amides is 1. The summed E-state index contributed by atoms with van der Waals surface area (Å²) >= 11 is 0. The molecule has 3 fully saturated rings. The Morgan fingerprint density at radius 2 is 1.78 bits per heavy atom. The summed E-state index contributed by atoms with van der Waals surface area (Å²) < 4.78 is 5.34. The summed E-state index contributed by atoms with van der Waals surface area (Å²) in [6, 6.07) is -0.179. The summed E-state index contributed by atoms with van der Waals surface area (Å²) in [6.07, 6.45) is 6.55. The number of amidine groups is 1. The lowest BCUT2D eigenvalue weighted by Crippen LogP contribution is -2.64. The second-order valence-corrected chi connectivity index (χ2v) is 12.7. The Balaban J connectivity index is 0.000000203. The van der Waals surface area contributed by atoms with Gasteiger partial charge in [0.15, 0.2) is 0 Å². The van der Waals surface area contributed by atoms with Gasteiger partial charge in [-0.25, -0.2) is 4.79 Å². The van der Waals surface area contributed by atoms with Crippen LogP contribution in [0.4, 0.5) is 0 Å². The molecule has 4 heterocycles. The van der Waals surface area contributed by atoms with E-state index in [0.29, 0.717) is 11.8 Å². The predicted octanol–water partition coefficient (Wildman–Crippen LogP) is 3.91. The van der Waals surface area contributed by atoms with E-state index in [1.807, 2.05) is 0 Å². The fourth-order valence-corrected chi connectivity index (χ4v) is 6.58. The highest BCUT2D eigenvalue weighted by Gasteiger charge is 2.61. The van der Waals surface area contributed by atoms with Gasteiger partial charge in [-0.3, -0.25) is 9.79 Å². The van der Waals surface area contributed by atoms with Crippen LogP contribution in [0.2, 0.25) is 0 Å². The minimum absolute atomic E-state index is 0. The molecule has 36 heavy (non-hydrogen) atoms. The van der Waals surface area contributed by atoms with Crippen LogP contribution in [0.3, 0.4) is 0 Å². The quantitative estimate of drug-likeness (QED) is 0.482.